The van der Waals surface area contributed by atoms with Crippen LogP contribution in [0.25, 0.3) is 0 Å². The summed E-state index contributed by atoms with van der Waals surface area (Å²) in [6.45, 7) is 1.28. The molecule has 3 amide bonds. The average Bonchev–Trinajstić information content (AvgIpc) is 2.80. The number of carbonyl (C=O) groups excluding carboxylic acids is 3. The first-order valence-electron chi connectivity index (χ1n) is 7.94. The number of fused-ring (bicyclic) bond motifs is 1. The molecule has 3 fully saturated rings. The lowest BCUT2D eigenvalue weighted by Crippen LogP contribution is -2.44. The van der Waals surface area contributed by atoms with Crippen LogP contribution in [0, 0.1) is 11.8 Å². The molecule has 0 aromatic heterocycles. The van der Waals surface area contributed by atoms with Crippen LogP contribution < -0.4 is 0 Å². The van der Waals surface area contributed by atoms with Gasteiger partial charge in [0.05, 0.1) is 17.5 Å². The Kier molecular flexibility index (Phi) is 4.13. The minimum absolute atomic E-state index is 0.143. The van der Waals surface area contributed by atoms with E-state index in [1.807, 2.05) is 0 Å². The summed E-state index contributed by atoms with van der Waals surface area (Å²) in [7, 11) is 0. The molecule has 1 saturated carbocycles. The molecule has 22 heavy (non-hydrogen) atoms. The molecule has 0 spiro atoms. The molecule has 0 radical (unpaired) electrons. The van der Waals surface area contributed by atoms with E-state index in [2.05, 4.69) is 5.16 Å². The van der Waals surface area contributed by atoms with Crippen LogP contribution in [0.2, 0.25) is 0 Å². The minimum Gasteiger partial charge on any atom is -0.411 e. The zero-order valence-electron chi connectivity index (χ0n) is 12.5. The summed E-state index contributed by atoms with van der Waals surface area (Å²) in [6, 6.07) is 0. The Morgan fingerprint density at radius 1 is 1.14 bits per heavy atom. The van der Waals surface area contributed by atoms with Gasteiger partial charge < -0.3 is 10.1 Å². The van der Waals surface area contributed by atoms with Gasteiger partial charge in [-0.05, 0) is 32.1 Å². The highest BCUT2D eigenvalue weighted by Crippen LogP contribution is 2.37. The van der Waals surface area contributed by atoms with Crippen molar-refractivity contribution in [3.8, 4) is 0 Å². The Balaban J connectivity index is 1.68. The van der Waals surface area contributed by atoms with E-state index in [-0.39, 0.29) is 30.2 Å². The maximum atomic E-state index is 12.4. The lowest BCUT2D eigenvalue weighted by atomic mass is 9.80. The van der Waals surface area contributed by atoms with Crippen molar-refractivity contribution in [2.45, 2.75) is 38.5 Å². The highest BCUT2D eigenvalue weighted by atomic mass is 16.4. The Bertz CT molecular complexity index is 525. The molecular formula is C15H21N3O4. The SMILES string of the molecule is O=C(CN1C(=O)[C@H]2C/C(=N/O)CC[C@H]2C1=O)N1CCCCC1. The highest BCUT2D eigenvalue weighted by molar-refractivity contribution is 6.09. The molecule has 7 heteroatoms. The van der Waals surface area contributed by atoms with Crippen LogP contribution >= 0.6 is 0 Å². The van der Waals surface area contributed by atoms with Gasteiger partial charge in [-0.2, -0.15) is 0 Å². The van der Waals surface area contributed by atoms with Gasteiger partial charge in [0.25, 0.3) is 0 Å². The van der Waals surface area contributed by atoms with E-state index >= 15 is 0 Å². The molecule has 0 aromatic carbocycles. The quantitative estimate of drug-likeness (QED) is 0.460. The summed E-state index contributed by atoms with van der Waals surface area (Å²) in [4.78, 5) is 40.0. The molecule has 1 aliphatic carbocycles. The molecule has 7 nitrogen and oxygen atoms in total. The zero-order valence-corrected chi connectivity index (χ0v) is 12.5. The standard InChI is InChI=1S/C15H21N3O4/c19-13(17-6-2-1-3-7-17)9-18-14(20)11-5-4-10(16-22)8-12(11)15(18)21/h11-12,22H,1-9H2/b16-10+/t11-,12+/m1/s1. The number of likely N-dealkylation sites (tertiary alicyclic amines) is 2. The highest BCUT2D eigenvalue weighted by Gasteiger charge is 2.50. The number of nitrogens with zero attached hydrogens (tertiary/aromatic N) is 3. The predicted octanol–water partition coefficient (Wildman–Crippen LogP) is 0.614. The molecule has 2 heterocycles. The molecule has 0 aromatic rings. The number of carbonyl (C=O) groups is 3. The topological polar surface area (TPSA) is 90.3 Å². The van der Waals surface area contributed by atoms with Gasteiger partial charge in [0.2, 0.25) is 17.7 Å². The van der Waals surface area contributed by atoms with Crippen molar-refractivity contribution in [2.75, 3.05) is 19.6 Å². The number of rotatable bonds is 2. The summed E-state index contributed by atoms with van der Waals surface area (Å²) in [5, 5.41) is 12.0. The molecule has 3 rings (SSSR count). The van der Waals surface area contributed by atoms with Crippen molar-refractivity contribution < 1.29 is 19.6 Å². The number of amides is 3. The van der Waals surface area contributed by atoms with Crippen molar-refractivity contribution in [2.24, 2.45) is 17.0 Å². The fourth-order valence-electron chi connectivity index (χ4n) is 3.71. The Hall–Kier alpha value is -1.92. The third-order valence-electron chi connectivity index (χ3n) is 5.00. The second-order valence-corrected chi connectivity index (χ2v) is 6.33. The van der Waals surface area contributed by atoms with Gasteiger partial charge in [-0.3, -0.25) is 19.3 Å². The van der Waals surface area contributed by atoms with Gasteiger partial charge in [0.15, 0.2) is 0 Å². The van der Waals surface area contributed by atoms with Gasteiger partial charge in [0, 0.05) is 19.5 Å². The van der Waals surface area contributed by atoms with E-state index < -0.39 is 5.92 Å². The zero-order chi connectivity index (χ0) is 15.7. The number of hydrogen-bond donors (Lipinski definition) is 1. The fourth-order valence-corrected chi connectivity index (χ4v) is 3.71. The van der Waals surface area contributed by atoms with Crippen LogP contribution in [0.15, 0.2) is 5.16 Å². The molecule has 0 unspecified atom stereocenters. The largest absolute Gasteiger partial charge is 0.411 e. The fraction of sp³-hybridized carbons (Fsp3) is 0.733. The monoisotopic (exact) mass is 307 g/mol. The number of imide groups is 1. The van der Waals surface area contributed by atoms with E-state index in [9.17, 15) is 14.4 Å². The minimum atomic E-state index is -0.457. The van der Waals surface area contributed by atoms with Crippen LogP contribution in [-0.2, 0) is 14.4 Å². The van der Waals surface area contributed by atoms with Crippen LogP contribution in [0.5, 0.6) is 0 Å². The molecule has 2 aliphatic heterocycles. The summed E-state index contributed by atoms with van der Waals surface area (Å²) in [5.74, 6) is -1.48. The first kappa shape index (κ1) is 15.0. The van der Waals surface area contributed by atoms with Gasteiger partial charge >= 0.3 is 0 Å². The lowest BCUT2D eigenvalue weighted by Gasteiger charge is -2.28. The van der Waals surface area contributed by atoms with Crippen molar-refractivity contribution in [3.05, 3.63) is 0 Å². The number of hydrogen-bond acceptors (Lipinski definition) is 5. The van der Waals surface area contributed by atoms with Crippen molar-refractivity contribution in [1.29, 1.82) is 0 Å². The normalized spacial score (nSPS) is 30.8. The van der Waals surface area contributed by atoms with Crippen molar-refractivity contribution >= 4 is 23.4 Å². The van der Waals surface area contributed by atoms with E-state index in [4.69, 9.17) is 5.21 Å². The average molecular weight is 307 g/mol. The maximum Gasteiger partial charge on any atom is 0.242 e. The second-order valence-electron chi connectivity index (χ2n) is 6.33. The first-order chi connectivity index (χ1) is 10.6. The molecule has 2 saturated heterocycles. The number of oxime groups is 1. The molecular weight excluding hydrogens is 286 g/mol. The number of piperidine rings is 1. The van der Waals surface area contributed by atoms with Gasteiger partial charge in [0.1, 0.15) is 6.54 Å². The summed E-state index contributed by atoms with van der Waals surface area (Å²) < 4.78 is 0. The van der Waals surface area contributed by atoms with Crippen LogP contribution in [-0.4, -0.2) is 58.1 Å². The third kappa shape index (κ3) is 2.60. The maximum absolute atomic E-state index is 12.4. The van der Waals surface area contributed by atoms with E-state index in [0.29, 0.717) is 38.1 Å². The van der Waals surface area contributed by atoms with Crippen LogP contribution in [0.3, 0.4) is 0 Å². The smallest absolute Gasteiger partial charge is 0.242 e. The van der Waals surface area contributed by atoms with Gasteiger partial charge in [-0.1, -0.05) is 5.16 Å². The Labute approximate surface area is 128 Å². The summed E-state index contributed by atoms with van der Waals surface area (Å²) in [6.07, 6.45) is 4.46. The lowest BCUT2D eigenvalue weighted by molar-refractivity contribution is -0.146. The molecule has 3 aliphatic rings. The summed E-state index contributed by atoms with van der Waals surface area (Å²) >= 11 is 0. The summed E-state index contributed by atoms with van der Waals surface area (Å²) in [5.41, 5.74) is 0.562. The second kappa shape index (κ2) is 6.06. The molecule has 2 atom stereocenters. The van der Waals surface area contributed by atoms with Gasteiger partial charge in [-0.15, -0.1) is 0 Å². The van der Waals surface area contributed by atoms with Crippen LogP contribution in [0.1, 0.15) is 38.5 Å². The first-order valence-corrected chi connectivity index (χ1v) is 7.94. The Morgan fingerprint density at radius 3 is 2.50 bits per heavy atom. The predicted molar refractivity (Wildman–Crippen MR) is 77.2 cm³/mol. The van der Waals surface area contributed by atoms with E-state index in [1.54, 1.807) is 4.90 Å². The van der Waals surface area contributed by atoms with Crippen LogP contribution in [0.4, 0.5) is 0 Å². The van der Waals surface area contributed by atoms with Crippen molar-refractivity contribution in [3.63, 3.8) is 0 Å². The molecule has 0 bridgehead atoms. The molecule has 120 valence electrons. The van der Waals surface area contributed by atoms with Crippen molar-refractivity contribution in [1.82, 2.24) is 9.80 Å². The third-order valence-corrected chi connectivity index (χ3v) is 5.00. The van der Waals surface area contributed by atoms with E-state index in [0.717, 1.165) is 24.2 Å². The van der Waals surface area contributed by atoms with Gasteiger partial charge in [-0.25, -0.2) is 0 Å². The molecule has 1 N–H and O–H groups in total. The van der Waals surface area contributed by atoms with E-state index in [1.165, 1.54) is 0 Å². The Morgan fingerprint density at radius 2 is 1.82 bits per heavy atom.